The summed E-state index contributed by atoms with van der Waals surface area (Å²) in [4.78, 5) is 53.4. The van der Waals surface area contributed by atoms with Crippen molar-refractivity contribution in [2.45, 2.75) is 43.8 Å². The Morgan fingerprint density at radius 2 is 1.81 bits per heavy atom. The number of carbonyl (C=O) groups is 3. The fourth-order valence-electron chi connectivity index (χ4n) is 6.18. The van der Waals surface area contributed by atoms with Crippen molar-refractivity contribution in [1.29, 1.82) is 0 Å². The molecule has 4 aromatic rings. The number of piperidine rings is 1. The number of benzene rings is 1. The number of aromatic nitrogens is 4. The van der Waals surface area contributed by atoms with Crippen molar-refractivity contribution in [1.82, 2.24) is 24.3 Å². The number of nitrogens with zero attached hydrogens (tertiary/aromatic N) is 5. The third-order valence-corrected chi connectivity index (χ3v) is 8.50. The van der Waals surface area contributed by atoms with Crippen molar-refractivity contribution in [2.75, 3.05) is 17.6 Å². The summed E-state index contributed by atoms with van der Waals surface area (Å²) >= 11 is 0. The van der Waals surface area contributed by atoms with Crippen molar-refractivity contribution >= 4 is 34.8 Å². The molecule has 0 radical (unpaired) electrons. The van der Waals surface area contributed by atoms with Crippen LogP contribution in [0.5, 0.6) is 0 Å². The van der Waals surface area contributed by atoms with E-state index in [2.05, 4.69) is 15.3 Å². The SMILES string of the molecule is Nc1nccn2c([C@@H]3CC[C@H]4C(=O)C5(CC5)C(=O)N4C3)nc(-c3ccc(C(=O)Nc4cc(C(F)(F)F)ccn4)cc3)c12. The normalized spacial score (nSPS) is 21.2. The van der Waals surface area contributed by atoms with E-state index in [9.17, 15) is 27.6 Å². The van der Waals surface area contributed by atoms with Crippen molar-refractivity contribution in [3.05, 3.63) is 71.9 Å². The number of anilines is 2. The van der Waals surface area contributed by atoms with Crippen LogP contribution in [-0.2, 0) is 15.8 Å². The van der Waals surface area contributed by atoms with Gasteiger partial charge in [0.25, 0.3) is 5.91 Å². The maximum atomic E-state index is 13.1. The van der Waals surface area contributed by atoms with Gasteiger partial charge in [-0.25, -0.2) is 15.0 Å². The van der Waals surface area contributed by atoms with Gasteiger partial charge >= 0.3 is 6.18 Å². The lowest BCUT2D eigenvalue weighted by molar-refractivity contribution is -0.137. The smallest absolute Gasteiger partial charge is 0.382 e. The molecule has 0 bridgehead atoms. The first-order chi connectivity index (χ1) is 20.1. The number of nitrogens with two attached hydrogens (primary N) is 1. The molecule has 7 rings (SSSR count). The molecule has 13 heteroatoms. The minimum Gasteiger partial charge on any atom is -0.382 e. The molecule has 5 heterocycles. The standard InChI is InChI=1S/C29H24F3N7O3/c30-29(31,32)18-7-10-34-20(13-18)36-26(41)16-3-1-15(2-4-16)21-22-24(33)35-11-12-38(22)25(37-21)17-5-6-19-23(40)28(8-9-28)27(42)39(19)14-17/h1-4,7,10-13,17,19H,5-6,8-9,14H2,(H2,33,35)(H,34,36,41)/t17-,19+/m1/s1. The van der Waals surface area contributed by atoms with Gasteiger partial charge in [0.05, 0.1) is 11.6 Å². The minimum atomic E-state index is -4.56. The van der Waals surface area contributed by atoms with E-state index >= 15 is 0 Å². The van der Waals surface area contributed by atoms with Gasteiger partial charge in [-0.3, -0.25) is 18.8 Å². The van der Waals surface area contributed by atoms with E-state index < -0.39 is 23.1 Å². The van der Waals surface area contributed by atoms with Gasteiger partial charge in [0.1, 0.15) is 34.1 Å². The van der Waals surface area contributed by atoms with Crippen molar-refractivity contribution in [2.24, 2.45) is 5.41 Å². The molecule has 1 spiro atoms. The molecular weight excluding hydrogens is 551 g/mol. The van der Waals surface area contributed by atoms with Gasteiger partial charge in [0.2, 0.25) is 5.91 Å². The summed E-state index contributed by atoms with van der Waals surface area (Å²) in [5.74, 6) is -0.0358. The lowest BCUT2D eigenvalue weighted by Crippen LogP contribution is -2.43. The fourth-order valence-corrected chi connectivity index (χ4v) is 6.18. The predicted octanol–water partition coefficient (Wildman–Crippen LogP) is 4.08. The summed E-state index contributed by atoms with van der Waals surface area (Å²) in [6.07, 6.45) is 2.26. The second-order valence-corrected chi connectivity index (χ2v) is 11.0. The number of rotatable bonds is 4. The van der Waals surface area contributed by atoms with Gasteiger partial charge < -0.3 is 16.0 Å². The molecule has 2 amide bonds. The summed E-state index contributed by atoms with van der Waals surface area (Å²) in [6.45, 7) is 0.389. The van der Waals surface area contributed by atoms with Gasteiger partial charge in [-0.05, 0) is 49.9 Å². The molecule has 2 aliphatic heterocycles. The first-order valence-corrected chi connectivity index (χ1v) is 13.5. The van der Waals surface area contributed by atoms with Crippen LogP contribution in [-0.4, -0.2) is 54.4 Å². The number of hydrogen-bond acceptors (Lipinski definition) is 7. The molecular formula is C29H24F3N7O3. The highest BCUT2D eigenvalue weighted by Crippen LogP contribution is 2.55. The maximum Gasteiger partial charge on any atom is 0.416 e. The van der Waals surface area contributed by atoms with Gasteiger partial charge in [0, 0.05) is 42.2 Å². The molecule has 2 saturated heterocycles. The molecule has 3 N–H and O–H groups in total. The van der Waals surface area contributed by atoms with E-state index in [1.54, 1.807) is 29.4 Å². The Hall–Kier alpha value is -4.81. The van der Waals surface area contributed by atoms with Crippen LogP contribution in [0.2, 0.25) is 0 Å². The minimum absolute atomic E-state index is 0.0565. The van der Waals surface area contributed by atoms with Gasteiger partial charge in [-0.2, -0.15) is 13.2 Å². The van der Waals surface area contributed by atoms with Gasteiger partial charge in [-0.15, -0.1) is 0 Å². The van der Waals surface area contributed by atoms with E-state index in [0.717, 1.165) is 18.3 Å². The number of amides is 2. The molecule has 1 aliphatic carbocycles. The predicted molar refractivity (Wildman–Crippen MR) is 144 cm³/mol. The van der Waals surface area contributed by atoms with Gasteiger partial charge in [0.15, 0.2) is 5.78 Å². The number of Topliss-reactive ketones (excluding diaryl/α,β-unsaturated/α-hetero) is 1. The largest absolute Gasteiger partial charge is 0.416 e. The first-order valence-electron chi connectivity index (χ1n) is 13.5. The van der Waals surface area contributed by atoms with Crippen molar-refractivity contribution in [3.8, 4) is 11.3 Å². The maximum absolute atomic E-state index is 13.1. The number of alkyl halides is 3. The Morgan fingerprint density at radius 1 is 1.05 bits per heavy atom. The summed E-state index contributed by atoms with van der Waals surface area (Å²) in [5, 5.41) is 2.40. The highest BCUT2D eigenvalue weighted by atomic mass is 19.4. The lowest BCUT2D eigenvalue weighted by atomic mass is 9.90. The molecule has 3 aromatic heterocycles. The molecule has 3 fully saturated rings. The number of nitrogens with one attached hydrogen (secondary N) is 1. The Kier molecular flexibility index (Phi) is 5.66. The first kappa shape index (κ1) is 26.1. The number of imidazole rings is 1. The number of pyridine rings is 1. The second kappa shape index (κ2) is 9.10. The number of hydrogen-bond donors (Lipinski definition) is 2. The quantitative estimate of drug-likeness (QED) is 0.350. The Bertz CT molecular complexity index is 1780. The van der Waals surface area contributed by atoms with Crippen LogP contribution >= 0.6 is 0 Å². The zero-order valence-corrected chi connectivity index (χ0v) is 22.1. The summed E-state index contributed by atoms with van der Waals surface area (Å²) in [6, 6.07) is 7.64. The Labute approximate surface area is 236 Å². The highest BCUT2D eigenvalue weighted by Gasteiger charge is 2.66. The highest BCUT2D eigenvalue weighted by molar-refractivity contribution is 6.17. The number of carbonyl (C=O) groups excluding carboxylic acids is 3. The van der Waals surface area contributed by atoms with Crippen molar-refractivity contribution < 1.29 is 27.6 Å². The molecule has 0 unspecified atom stereocenters. The van der Waals surface area contributed by atoms with E-state index in [4.69, 9.17) is 10.7 Å². The summed E-state index contributed by atoms with van der Waals surface area (Å²) in [5.41, 5.74) is 6.53. The number of halogens is 3. The Balaban J connectivity index is 1.17. The number of nitrogen functional groups attached to an aromatic ring is 1. The Morgan fingerprint density at radius 3 is 2.52 bits per heavy atom. The molecule has 10 nitrogen and oxygen atoms in total. The van der Waals surface area contributed by atoms with Gasteiger partial charge in [-0.1, -0.05) is 12.1 Å². The average Bonchev–Trinajstić information content (AvgIpc) is 3.65. The van der Waals surface area contributed by atoms with Crippen LogP contribution < -0.4 is 11.1 Å². The third-order valence-electron chi connectivity index (χ3n) is 8.50. The van der Waals surface area contributed by atoms with Crippen molar-refractivity contribution in [3.63, 3.8) is 0 Å². The van der Waals surface area contributed by atoms with E-state index in [-0.39, 0.29) is 40.8 Å². The molecule has 2 atom stereocenters. The second-order valence-electron chi connectivity index (χ2n) is 11.0. The third kappa shape index (κ3) is 4.02. The van der Waals surface area contributed by atoms with Crippen LogP contribution in [0, 0.1) is 5.41 Å². The number of ketones is 1. The molecule has 3 aliphatic rings. The molecule has 42 heavy (non-hydrogen) atoms. The zero-order chi connectivity index (χ0) is 29.4. The topological polar surface area (TPSA) is 136 Å². The zero-order valence-electron chi connectivity index (χ0n) is 22.1. The molecule has 214 valence electrons. The van der Waals surface area contributed by atoms with Crippen LogP contribution in [0.15, 0.2) is 55.0 Å². The van der Waals surface area contributed by atoms with Crippen LogP contribution in [0.4, 0.5) is 24.8 Å². The van der Waals surface area contributed by atoms with Crippen LogP contribution in [0.3, 0.4) is 0 Å². The number of fused-ring (bicyclic) bond motifs is 2. The monoisotopic (exact) mass is 575 g/mol. The average molecular weight is 576 g/mol. The molecule has 1 saturated carbocycles. The van der Waals surface area contributed by atoms with E-state index in [1.165, 1.54) is 12.1 Å². The van der Waals surface area contributed by atoms with E-state index in [0.29, 0.717) is 54.8 Å². The summed E-state index contributed by atoms with van der Waals surface area (Å²) < 4.78 is 40.9. The van der Waals surface area contributed by atoms with Crippen LogP contribution in [0.1, 0.15) is 53.3 Å². The summed E-state index contributed by atoms with van der Waals surface area (Å²) in [7, 11) is 0. The lowest BCUT2D eigenvalue weighted by Gasteiger charge is -2.33. The van der Waals surface area contributed by atoms with E-state index in [1.807, 2.05) is 4.40 Å². The van der Waals surface area contributed by atoms with Crippen LogP contribution in [0.25, 0.3) is 16.8 Å². The molecule has 1 aromatic carbocycles. The fraction of sp³-hybridized carbons (Fsp3) is 0.310.